The minimum absolute atomic E-state index is 0.219. The van der Waals surface area contributed by atoms with Gasteiger partial charge in [0.15, 0.2) is 0 Å². The number of carboxylic acid groups (broad SMARTS) is 1. The molecule has 0 aliphatic carbocycles. The van der Waals surface area contributed by atoms with Gasteiger partial charge in [0.1, 0.15) is 0 Å². The predicted octanol–water partition coefficient (Wildman–Crippen LogP) is 2.22. The van der Waals surface area contributed by atoms with Crippen LogP contribution in [-0.4, -0.2) is 35.6 Å². The van der Waals surface area contributed by atoms with Gasteiger partial charge in [-0.15, -0.1) is 0 Å². The molecule has 0 aromatic heterocycles. The van der Waals surface area contributed by atoms with Crippen LogP contribution in [0, 0.1) is 11.8 Å². The molecule has 1 rings (SSSR count). The summed E-state index contributed by atoms with van der Waals surface area (Å²) in [6.45, 7) is 6.68. The summed E-state index contributed by atoms with van der Waals surface area (Å²) >= 11 is 0. The van der Waals surface area contributed by atoms with Crippen LogP contribution in [0.4, 0.5) is 0 Å². The highest BCUT2D eigenvalue weighted by atomic mass is 16.4. The first-order valence-corrected chi connectivity index (χ1v) is 6.02. The number of hydrogen-bond donors (Lipinski definition) is 1. The lowest BCUT2D eigenvalue weighted by atomic mass is 9.90. The summed E-state index contributed by atoms with van der Waals surface area (Å²) in [7, 11) is 0. The smallest absolute Gasteiger partial charge is 0.317 e. The van der Waals surface area contributed by atoms with Crippen LogP contribution >= 0.6 is 0 Å². The lowest BCUT2D eigenvalue weighted by Gasteiger charge is -2.31. The predicted molar refractivity (Wildman–Crippen MR) is 60.9 cm³/mol. The number of hydrogen-bond acceptors (Lipinski definition) is 2. The molecule has 0 saturated carbocycles. The molecule has 0 unspecified atom stereocenters. The van der Waals surface area contributed by atoms with Crippen molar-refractivity contribution in [3.05, 3.63) is 0 Å². The van der Waals surface area contributed by atoms with E-state index in [0.29, 0.717) is 0 Å². The fourth-order valence-electron chi connectivity index (χ4n) is 2.19. The number of carbonyl (C=O) groups is 1. The summed E-state index contributed by atoms with van der Waals surface area (Å²) in [6, 6.07) is 0. The Bertz CT molecular complexity index is 196. The Morgan fingerprint density at radius 2 is 2.00 bits per heavy atom. The molecule has 1 aliphatic heterocycles. The van der Waals surface area contributed by atoms with Crippen LogP contribution in [0.25, 0.3) is 0 Å². The van der Waals surface area contributed by atoms with Gasteiger partial charge in [0.2, 0.25) is 0 Å². The Hall–Kier alpha value is -0.570. The van der Waals surface area contributed by atoms with Crippen LogP contribution in [0.3, 0.4) is 0 Å². The van der Waals surface area contributed by atoms with Crippen molar-refractivity contribution in [2.75, 3.05) is 19.6 Å². The molecule has 88 valence electrons. The highest BCUT2D eigenvalue weighted by Crippen LogP contribution is 2.23. The van der Waals surface area contributed by atoms with Crippen LogP contribution in [0.1, 0.15) is 39.5 Å². The molecule has 1 fully saturated rings. The van der Waals surface area contributed by atoms with E-state index in [1.165, 1.54) is 25.7 Å². The highest BCUT2D eigenvalue weighted by Gasteiger charge is 2.20. The third-order valence-electron chi connectivity index (χ3n) is 3.22. The second kappa shape index (κ2) is 6.11. The molecule has 0 amide bonds. The third kappa shape index (κ3) is 5.17. The zero-order valence-electron chi connectivity index (χ0n) is 9.91. The Balaban J connectivity index is 2.15. The highest BCUT2D eigenvalue weighted by molar-refractivity contribution is 5.69. The molecule has 3 heteroatoms. The van der Waals surface area contributed by atoms with Gasteiger partial charge in [0, 0.05) is 0 Å². The topological polar surface area (TPSA) is 40.5 Å². The molecular weight excluding hydrogens is 190 g/mol. The van der Waals surface area contributed by atoms with Gasteiger partial charge >= 0.3 is 5.97 Å². The fraction of sp³-hybridized carbons (Fsp3) is 0.917. The van der Waals surface area contributed by atoms with Crippen molar-refractivity contribution in [2.24, 2.45) is 11.8 Å². The first-order valence-electron chi connectivity index (χ1n) is 6.02. The van der Waals surface area contributed by atoms with E-state index in [1.54, 1.807) is 0 Å². The van der Waals surface area contributed by atoms with Crippen molar-refractivity contribution >= 4 is 5.97 Å². The Kier molecular flexibility index (Phi) is 5.09. The number of aliphatic carboxylic acids is 1. The molecule has 1 saturated heterocycles. The van der Waals surface area contributed by atoms with Crippen molar-refractivity contribution in [1.82, 2.24) is 4.90 Å². The van der Waals surface area contributed by atoms with Crippen molar-refractivity contribution in [3.63, 3.8) is 0 Å². The van der Waals surface area contributed by atoms with Gasteiger partial charge in [-0.2, -0.15) is 0 Å². The van der Waals surface area contributed by atoms with Gasteiger partial charge in [0.25, 0.3) is 0 Å². The zero-order valence-corrected chi connectivity index (χ0v) is 9.91. The minimum Gasteiger partial charge on any atom is -0.480 e. The summed E-state index contributed by atoms with van der Waals surface area (Å²) in [5.41, 5.74) is 0. The first-order chi connectivity index (χ1) is 7.08. The molecular formula is C12H23NO2. The summed E-state index contributed by atoms with van der Waals surface area (Å²) in [4.78, 5) is 12.6. The lowest BCUT2D eigenvalue weighted by molar-refractivity contribution is -0.138. The molecule has 0 atom stereocenters. The number of carboxylic acids is 1. The van der Waals surface area contributed by atoms with Gasteiger partial charge in [-0.3, -0.25) is 9.69 Å². The molecule has 0 aromatic carbocycles. The minimum atomic E-state index is -0.698. The maximum Gasteiger partial charge on any atom is 0.317 e. The van der Waals surface area contributed by atoms with E-state index >= 15 is 0 Å². The molecule has 3 nitrogen and oxygen atoms in total. The molecule has 0 radical (unpaired) electrons. The Labute approximate surface area is 92.5 Å². The summed E-state index contributed by atoms with van der Waals surface area (Å²) in [5, 5.41) is 8.67. The fourth-order valence-corrected chi connectivity index (χ4v) is 2.19. The van der Waals surface area contributed by atoms with Crippen molar-refractivity contribution < 1.29 is 9.90 Å². The van der Waals surface area contributed by atoms with Gasteiger partial charge in [-0.1, -0.05) is 26.7 Å². The first kappa shape index (κ1) is 12.5. The van der Waals surface area contributed by atoms with Crippen molar-refractivity contribution in [3.8, 4) is 0 Å². The van der Waals surface area contributed by atoms with Crippen LogP contribution in [0.15, 0.2) is 0 Å². The molecule has 0 spiro atoms. The molecule has 1 heterocycles. The van der Waals surface area contributed by atoms with Gasteiger partial charge in [-0.25, -0.2) is 0 Å². The van der Waals surface area contributed by atoms with E-state index in [2.05, 4.69) is 13.8 Å². The van der Waals surface area contributed by atoms with E-state index in [0.717, 1.165) is 24.9 Å². The molecule has 0 aromatic rings. The van der Waals surface area contributed by atoms with Gasteiger partial charge in [0.05, 0.1) is 6.54 Å². The largest absolute Gasteiger partial charge is 0.480 e. The number of nitrogens with zero attached hydrogens (tertiary/aromatic N) is 1. The maximum atomic E-state index is 10.5. The van der Waals surface area contributed by atoms with Gasteiger partial charge < -0.3 is 5.11 Å². The Morgan fingerprint density at radius 3 is 2.47 bits per heavy atom. The van der Waals surface area contributed by atoms with Crippen molar-refractivity contribution in [2.45, 2.75) is 39.5 Å². The normalized spacial score (nSPS) is 19.7. The van der Waals surface area contributed by atoms with E-state index in [4.69, 9.17) is 5.11 Å². The second-order valence-electron chi connectivity index (χ2n) is 5.08. The van der Waals surface area contributed by atoms with E-state index < -0.39 is 5.97 Å². The number of likely N-dealkylation sites (tertiary alicyclic amines) is 1. The molecule has 1 aliphatic rings. The Morgan fingerprint density at radius 1 is 1.40 bits per heavy atom. The van der Waals surface area contributed by atoms with Crippen LogP contribution in [0.5, 0.6) is 0 Å². The average molecular weight is 213 g/mol. The molecule has 0 bridgehead atoms. The van der Waals surface area contributed by atoms with Crippen molar-refractivity contribution in [1.29, 1.82) is 0 Å². The lowest BCUT2D eigenvalue weighted by Crippen LogP contribution is -2.37. The quantitative estimate of drug-likeness (QED) is 0.761. The van der Waals surface area contributed by atoms with E-state index in [-0.39, 0.29) is 6.54 Å². The maximum absolute atomic E-state index is 10.5. The molecule has 15 heavy (non-hydrogen) atoms. The average Bonchev–Trinajstić information content (AvgIpc) is 2.16. The number of rotatable bonds is 5. The summed E-state index contributed by atoms with van der Waals surface area (Å²) < 4.78 is 0. The van der Waals surface area contributed by atoms with Crippen LogP contribution in [0.2, 0.25) is 0 Å². The summed E-state index contributed by atoms with van der Waals surface area (Å²) in [5.74, 6) is 0.926. The molecule has 1 N–H and O–H groups in total. The van der Waals surface area contributed by atoms with Crippen LogP contribution in [-0.2, 0) is 4.79 Å². The van der Waals surface area contributed by atoms with Gasteiger partial charge in [-0.05, 0) is 37.8 Å². The standard InChI is InChI=1S/C12H23NO2/c1-10(2)3-4-11-5-7-13(8-6-11)9-12(14)15/h10-11H,3-9H2,1-2H3,(H,14,15). The second-order valence-corrected chi connectivity index (χ2v) is 5.08. The summed E-state index contributed by atoms with van der Waals surface area (Å²) in [6.07, 6.45) is 4.99. The van der Waals surface area contributed by atoms with Crippen LogP contribution < -0.4 is 0 Å². The number of piperidine rings is 1. The van der Waals surface area contributed by atoms with E-state index in [9.17, 15) is 4.79 Å². The van der Waals surface area contributed by atoms with E-state index in [1.807, 2.05) is 4.90 Å². The zero-order chi connectivity index (χ0) is 11.3. The SMILES string of the molecule is CC(C)CCC1CCN(CC(=O)O)CC1. The third-order valence-corrected chi connectivity index (χ3v) is 3.22. The monoisotopic (exact) mass is 213 g/mol.